The predicted octanol–water partition coefficient (Wildman–Crippen LogP) is 5.38. The minimum Gasteiger partial charge on any atom is -0.493 e. The second kappa shape index (κ2) is 14.7. The number of carbonyl (C=O) groups excluding carboxylic acids is 3. The van der Waals surface area contributed by atoms with Crippen molar-refractivity contribution >= 4 is 29.4 Å². The van der Waals surface area contributed by atoms with Crippen LogP contribution in [0.4, 0.5) is 4.39 Å². The molecule has 1 amide bonds. The van der Waals surface area contributed by atoms with E-state index in [1.54, 1.807) is 20.8 Å². The van der Waals surface area contributed by atoms with Gasteiger partial charge in [-0.2, -0.15) is 0 Å². The second-order valence-electron chi connectivity index (χ2n) is 9.39. The van der Waals surface area contributed by atoms with Crippen LogP contribution in [0.1, 0.15) is 64.9 Å². The van der Waals surface area contributed by atoms with E-state index in [-0.39, 0.29) is 39.8 Å². The summed E-state index contributed by atoms with van der Waals surface area (Å²) in [6.45, 7) is 10.3. The molecule has 0 aliphatic carbocycles. The Kier molecular flexibility index (Phi) is 12.0. The van der Waals surface area contributed by atoms with Crippen LogP contribution in [-0.4, -0.2) is 48.2 Å². The summed E-state index contributed by atoms with van der Waals surface area (Å²) in [7, 11) is 1.36. The lowest BCUT2D eigenvalue weighted by molar-refractivity contribution is -0.158. The molecule has 2 rings (SSSR count). The maximum absolute atomic E-state index is 13.9. The van der Waals surface area contributed by atoms with Crippen molar-refractivity contribution in [3.05, 3.63) is 47.0 Å². The minimum atomic E-state index is -1.07. The molecule has 2 aromatic rings. The van der Waals surface area contributed by atoms with Gasteiger partial charge in [0.25, 0.3) is 5.91 Å². The molecule has 0 saturated heterocycles. The number of hydrogen-bond acceptors (Lipinski definition) is 8. The number of ether oxygens (including phenoxy) is 4. The summed E-state index contributed by atoms with van der Waals surface area (Å²) in [5.41, 5.74) is -0.225. The summed E-state index contributed by atoms with van der Waals surface area (Å²) in [5.74, 6) is -2.87. The number of carbonyl (C=O) groups is 3. The van der Waals surface area contributed by atoms with E-state index in [1.165, 1.54) is 44.5 Å². The fourth-order valence-corrected chi connectivity index (χ4v) is 4.32. The monoisotopic (exact) mass is 566 g/mol. The highest BCUT2D eigenvalue weighted by atomic mass is 35.5. The van der Waals surface area contributed by atoms with Crippen LogP contribution in [0.25, 0.3) is 0 Å². The highest BCUT2D eigenvalue weighted by Crippen LogP contribution is 2.30. The van der Waals surface area contributed by atoms with Gasteiger partial charge in [-0.25, -0.2) is 14.2 Å². The number of methoxy groups -OCH3 is 1. The average Bonchev–Trinajstić information content (AvgIpc) is 2.86. The Morgan fingerprint density at radius 2 is 1.77 bits per heavy atom. The highest BCUT2D eigenvalue weighted by Gasteiger charge is 2.34. The molecule has 1 heterocycles. The van der Waals surface area contributed by atoms with Crippen molar-refractivity contribution in [1.29, 1.82) is 0 Å². The van der Waals surface area contributed by atoms with Crippen molar-refractivity contribution in [2.24, 2.45) is 11.8 Å². The normalized spacial score (nSPS) is 13.4. The van der Waals surface area contributed by atoms with Gasteiger partial charge in [0.2, 0.25) is 5.75 Å². The van der Waals surface area contributed by atoms with Crippen molar-refractivity contribution in [2.45, 2.75) is 72.6 Å². The Labute approximate surface area is 233 Å². The maximum Gasteiger partial charge on any atom is 0.329 e. The van der Waals surface area contributed by atoms with E-state index < -0.39 is 41.9 Å². The summed E-state index contributed by atoms with van der Waals surface area (Å²) in [6.07, 6.45) is 1.39. The number of rotatable bonds is 13. The number of amides is 1. The van der Waals surface area contributed by atoms with Crippen LogP contribution in [0.3, 0.4) is 0 Å². The molecule has 1 aromatic heterocycles. The van der Waals surface area contributed by atoms with Crippen molar-refractivity contribution in [1.82, 2.24) is 10.3 Å². The molecule has 39 heavy (non-hydrogen) atoms. The molecule has 0 radical (unpaired) electrons. The van der Waals surface area contributed by atoms with Gasteiger partial charge in [-0.1, -0.05) is 39.3 Å². The Balaban J connectivity index is 2.28. The fourth-order valence-electron chi connectivity index (χ4n) is 4.11. The molecule has 3 atom stereocenters. The number of aromatic nitrogens is 1. The minimum absolute atomic E-state index is 0.0193. The van der Waals surface area contributed by atoms with Crippen LogP contribution in [0.15, 0.2) is 30.5 Å². The maximum atomic E-state index is 13.9. The number of halogens is 2. The third-order valence-electron chi connectivity index (χ3n) is 6.14. The van der Waals surface area contributed by atoms with Gasteiger partial charge in [0.15, 0.2) is 11.4 Å². The molecule has 11 heteroatoms. The van der Waals surface area contributed by atoms with Crippen LogP contribution in [0.5, 0.6) is 17.2 Å². The van der Waals surface area contributed by atoms with E-state index in [1.807, 2.05) is 13.8 Å². The summed E-state index contributed by atoms with van der Waals surface area (Å²) >= 11 is 5.99. The molecule has 0 unspecified atom stereocenters. The molecule has 0 spiro atoms. The van der Waals surface area contributed by atoms with Gasteiger partial charge in [0.05, 0.1) is 7.11 Å². The summed E-state index contributed by atoms with van der Waals surface area (Å²) in [5, 5.41) is 2.81. The summed E-state index contributed by atoms with van der Waals surface area (Å²) in [6, 6.07) is 4.25. The van der Waals surface area contributed by atoms with Gasteiger partial charge in [-0.15, -0.1) is 0 Å². The molecule has 0 saturated carbocycles. The molecule has 214 valence electrons. The Morgan fingerprint density at radius 1 is 1.10 bits per heavy atom. The van der Waals surface area contributed by atoms with E-state index in [0.717, 1.165) is 12.8 Å². The van der Waals surface area contributed by atoms with Crippen LogP contribution >= 0.6 is 11.6 Å². The van der Waals surface area contributed by atoms with Crippen LogP contribution in [-0.2, 0) is 14.3 Å². The lowest BCUT2D eigenvalue weighted by atomic mass is 9.93. The number of benzene rings is 1. The second-order valence-corrected chi connectivity index (χ2v) is 9.82. The smallest absolute Gasteiger partial charge is 0.329 e. The molecule has 9 nitrogen and oxygen atoms in total. The quantitative estimate of drug-likeness (QED) is 0.322. The number of nitrogens with zero attached hydrogens (tertiary/aromatic N) is 1. The van der Waals surface area contributed by atoms with Gasteiger partial charge < -0.3 is 24.3 Å². The Hall–Kier alpha value is -3.40. The highest BCUT2D eigenvalue weighted by molar-refractivity contribution is 6.30. The van der Waals surface area contributed by atoms with Crippen molar-refractivity contribution < 1.29 is 37.7 Å². The molecule has 0 bridgehead atoms. The molecule has 1 N–H and O–H groups in total. The van der Waals surface area contributed by atoms with Gasteiger partial charge in [0, 0.05) is 30.3 Å². The standard InChI is InChI=1S/C28H36ClFN2O7/c1-8-18(9-2)25(39-21-13-19(29)12-20(30)14-21)16(5)37-28(35)23(15(3)4)32-27(34)24-26(38-17(6)33)22(36-7)10-11-31-24/h10-16,18,23,25H,8-9H2,1-7H3,(H,32,34)/t16-,23-,25-/m0/s1. The number of pyridine rings is 1. The van der Waals surface area contributed by atoms with Crippen molar-refractivity contribution in [2.75, 3.05) is 7.11 Å². The van der Waals surface area contributed by atoms with Gasteiger partial charge in [0.1, 0.15) is 29.8 Å². The van der Waals surface area contributed by atoms with E-state index in [2.05, 4.69) is 10.3 Å². The van der Waals surface area contributed by atoms with E-state index in [4.69, 9.17) is 30.5 Å². The Morgan fingerprint density at radius 3 is 2.31 bits per heavy atom. The molecule has 0 fully saturated rings. The average molecular weight is 567 g/mol. The zero-order valence-corrected chi connectivity index (χ0v) is 24.0. The predicted molar refractivity (Wildman–Crippen MR) is 144 cm³/mol. The van der Waals surface area contributed by atoms with Crippen molar-refractivity contribution in [3.63, 3.8) is 0 Å². The van der Waals surface area contributed by atoms with Crippen LogP contribution in [0.2, 0.25) is 5.02 Å². The molecule has 1 aromatic carbocycles. The first-order chi connectivity index (χ1) is 18.4. The van der Waals surface area contributed by atoms with E-state index >= 15 is 0 Å². The fraction of sp³-hybridized carbons (Fsp3) is 0.500. The first kappa shape index (κ1) is 31.8. The topological polar surface area (TPSA) is 113 Å². The third kappa shape index (κ3) is 8.81. The zero-order chi connectivity index (χ0) is 29.3. The zero-order valence-electron chi connectivity index (χ0n) is 23.2. The first-order valence-corrected chi connectivity index (χ1v) is 13.1. The van der Waals surface area contributed by atoms with Crippen LogP contribution < -0.4 is 19.5 Å². The van der Waals surface area contributed by atoms with E-state index in [0.29, 0.717) is 0 Å². The summed E-state index contributed by atoms with van der Waals surface area (Å²) in [4.78, 5) is 42.1. The number of hydrogen-bond donors (Lipinski definition) is 1. The van der Waals surface area contributed by atoms with Crippen molar-refractivity contribution in [3.8, 4) is 17.2 Å². The lowest BCUT2D eigenvalue weighted by Crippen LogP contribution is -2.48. The molecular formula is C28H36ClFN2O7. The van der Waals surface area contributed by atoms with Gasteiger partial charge in [-0.3, -0.25) is 9.59 Å². The number of nitrogens with one attached hydrogen (secondary N) is 1. The SMILES string of the molecule is CCC(CC)[C@@H](Oc1cc(F)cc(Cl)c1)[C@H](C)OC(=O)[C@@H](NC(=O)c1nccc(OC)c1OC(C)=O)C(C)C. The lowest BCUT2D eigenvalue weighted by Gasteiger charge is -2.32. The Bertz CT molecular complexity index is 1140. The first-order valence-electron chi connectivity index (χ1n) is 12.8. The van der Waals surface area contributed by atoms with Crippen LogP contribution in [0, 0.1) is 17.7 Å². The molecular weight excluding hydrogens is 531 g/mol. The molecule has 0 aliphatic heterocycles. The number of esters is 2. The third-order valence-corrected chi connectivity index (χ3v) is 6.36. The van der Waals surface area contributed by atoms with Gasteiger partial charge >= 0.3 is 11.9 Å². The van der Waals surface area contributed by atoms with Gasteiger partial charge in [-0.05, 0) is 43.7 Å². The summed E-state index contributed by atoms with van der Waals surface area (Å²) < 4.78 is 36.2. The van der Waals surface area contributed by atoms with E-state index in [9.17, 15) is 18.8 Å². The largest absolute Gasteiger partial charge is 0.493 e. The molecule has 0 aliphatic rings.